The van der Waals surface area contributed by atoms with Crippen LogP contribution >= 0.6 is 0 Å². The highest BCUT2D eigenvalue weighted by molar-refractivity contribution is 7.88. The van der Waals surface area contributed by atoms with Crippen LogP contribution in [0.3, 0.4) is 0 Å². The zero-order valence-corrected chi connectivity index (χ0v) is 28.0. The molecule has 222 valence electrons. The first-order chi connectivity index (χ1) is 17.4. The minimum absolute atomic E-state index is 0.0113. The Morgan fingerprint density at radius 3 is 2.10 bits per heavy atom. The SMILES string of the molecule is Cc1cn([C@@H]2O[C@H](CO[Si](C)(C)C(C)(C)C)[C@@]3(NS(=O)(=O)N=C3N)[C@H]2O[Si](C)(C)C(C)(C)C)c(=O)n(C)c1=O. The maximum Gasteiger partial charge on any atom is 0.332 e. The number of rotatable bonds is 6. The van der Waals surface area contributed by atoms with Crippen LogP contribution in [0.15, 0.2) is 20.2 Å². The number of amidine groups is 1. The van der Waals surface area contributed by atoms with E-state index in [1.807, 2.05) is 33.9 Å². The van der Waals surface area contributed by atoms with E-state index in [4.69, 9.17) is 19.3 Å². The fourth-order valence-electron chi connectivity index (χ4n) is 4.24. The Morgan fingerprint density at radius 1 is 1.10 bits per heavy atom. The van der Waals surface area contributed by atoms with Gasteiger partial charge in [0.2, 0.25) is 0 Å². The van der Waals surface area contributed by atoms with E-state index >= 15 is 0 Å². The molecule has 3 rings (SSSR count). The van der Waals surface area contributed by atoms with Gasteiger partial charge in [0.15, 0.2) is 22.9 Å². The minimum atomic E-state index is -4.18. The normalized spacial score (nSPS) is 27.8. The van der Waals surface area contributed by atoms with E-state index in [0.717, 1.165) is 4.57 Å². The van der Waals surface area contributed by atoms with Crippen LogP contribution in [0.2, 0.25) is 36.3 Å². The second-order valence-corrected chi connectivity index (χ2v) is 24.6. The molecule has 3 heterocycles. The smallest absolute Gasteiger partial charge is 0.332 e. The highest BCUT2D eigenvalue weighted by atomic mass is 32.2. The molecule has 0 radical (unpaired) electrons. The van der Waals surface area contributed by atoms with E-state index in [1.165, 1.54) is 17.8 Å². The molecule has 1 spiro atoms. The Kier molecular flexibility index (Phi) is 7.96. The number of aryl methyl sites for hydroxylation is 1. The van der Waals surface area contributed by atoms with Crippen LogP contribution in [-0.4, -0.2) is 64.4 Å². The van der Waals surface area contributed by atoms with Gasteiger partial charge in [-0.2, -0.15) is 13.1 Å². The van der Waals surface area contributed by atoms with Gasteiger partial charge in [-0.25, -0.2) is 4.79 Å². The number of nitrogens with two attached hydrogens (primary N) is 1. The van der Waals surface area contributed by atoms with Crippen molar-refractivity contribution in [2.75, 3.05) is 6.61 Å². The average molecular weight is 604 g/mol. The van der Waals surface area contributed by atoms with Crippen molar-refractivity contribution in [1.29, 1.82) is 0 Å². The largest absolute Gasteiger partial charge is 0.414 e. The van der Waals surface area contributed by atoms with E-state index < -0.39 is 62.1 Å². The summed E-state index contributed by atoms with van der Waals surface area (Å²) in [5.74, 6) is -0.216. The van der Waals surface area contributed by atoms with Gasteiger partial charge in [-0.05, 0) is 43.2 Å². The topological polar surface area (TPSA) is 156 Å². The van der Waals surface area contributed by atoms with E-state index in [2.05, 4.69) is 43.0 Å². The molecule has 0 aliphatic carbocycles. The van der Waals surface area contributed by atoms with E-state index in [9.17, 15) is 18.0 Å². The zero-order valence-electron chi connectivity index (χ0n) is 25.2. The number of nitrogens with zero attached hydrogens (tertiary/aromatic N) is 3. The third-order valence-corrected chi connectivity index (χ3v) is 18.8. The summed E-state index contributed by atoms with van der Waals surface area (Å²) in [6.07, 6.45) is -1.77. The molecule has 3 N–H and O–H groups in total. The van der Waals surface area contributed by atoms with Crippen molar-refractivity contribution in [3.63, 3.8) is 0 Å². The standard InChI is InChI=1S/C24H45N5O7SSi2/c1-15-13-29(21(31)28(8)18(15)30)19-17(36-39(11,12)23(5,6)7)24(20(25)26-37(32,33)27-24)16(35-19)14-34-38(9,10)22(2,3)4/h13,16-17,19,27H,14H2,1-12H3,(H2,25,26)/t16-,17+,19-,24-/m1/s1. The molecule has 2 aliphatic heterocycles. The molecule has 15 heteroatoms. The van der Waals surface area contributed by atoms with Gasteiger partial charge in [0.1, 0.15) is 23.6 Å². The fourth-order valence-corrected chi connectivity index (χ4v) is 7.76. The molecule has 39 heavy (non-hydrogen) atoms. The van der Waals surface area contributed by atoms with Crippen molar-refractivity contribution >= 4 is 32.7 Å². The first kappa shape index (κ1) is 31.9. The van der Waals surface area contributed by atoms with E-state index in [0.29, 0.717) is 5.56 Å². The molecule has 4 atom stereocenters. The maximum absolute atomic E-state index is 13.4. The monoisotopic (exact) mass is 603 g/mol. The van der Waals surface area contributed by atoms with Crippen LogP contribution in [0.5, 0.6) is 0 Å². The van der Waals surface area contributed by atoms with Gasteiger partial charge >= 0.3 is 15.9 Å². The minimum Gasteiger partial charge on any atom is -0.414 e. The lowest BCUT2D eigenvalue weighted by Gasteiger charge is -2.43. The lowest BCUT2D eigenvalue weighted by atomic mass is 9.88. The predicted molar refractivity (Wildman–Crippen MR) is 156 cm³/mol. The Labute approximate surface area is 233 Å². The Morgan fingerprint density at radius 2 is 1.64 bits per heavy atom. The highest BCUT2D eigenvalue weighted by Crippen LogP contribution is 2.47. The summed E-state index contributed by atoms with van der Waals surface area (Å²) in [6, 6.07) is 0. The summed E-state index contributed by atoms with van der Waals surface area (Å²) in [5, 5.41) is -0.405. The van der Waals surface area contributed by atoms with Gasteiger partial charge < -0.3 is 19.3 Å². The Hall–Kier alpha value is -1.63. The molecule has 1 aromatic heterocycles. The number of hydrogen-bond acceptors (Lipinski definition) is 8. The summed E-state index contributed by atoms with van der Waals surface area (Å²) in [5.41, 5.74) is 4.04. The quantitative estimate of drug-likeness (QED) is 0.468. The van der Waals surface area contributed by atoms with Gasteiger partial charge in [0.25, 0.3) is 5.56 Å². The molecule has 0 aromatic carbocycles. The molecular weight excluding hydrogens is 559 g/mol. The van der Waals surface area contributed by atoms with E-state index in [-0.39, 0.29) is 22.5 Å². The molecule has 1 aromatic rings. The zero-order chi connectivity index (χ0) is 30.1. The number of hydrogen-bond donors (Lipinski definition) is 2. The molecule has 1 fully saturated rings. The highest BCUT2D eigenvalue weighted by Gasteiger charge is 2.67. The molecule has 2 aliphatic rings. The van der Waals surface area contributed by atoms with Gasteiger partial charge in [0, 0.05) is 18.8 Å². The van der Waals surface area contributed by atoms with Gasteiger partial charge in [-0.3, -0.25) is 13.9 Å². The van der Waals surface area contributed by atoms with Crippen molar-refractivity contribution in [3.8, 4) is 0 Å². The summed E-state index contributed by atoms with van der Waals surface area (Å²) in [4.78, 5) is 25.9. The number of nitrogens with one attached hydrogen (secondary N) is 1. The van der Waals surface area contributed by atoms with Crippen molar-refractivity contribution in [2.24, 2.45) is 17.2 Å². The lowest BCUT2D eigenvalue weighted by Crippen LogP contribution is -2.68. The summed E-state index contributed by atoms with van der Waals surface area (Å²) in [6.45, 7) is 22.2. The third kappa shape index (κ3) is 5.50. The predicted octanol–water partition coefficient (Wildman–Crippen LogP) is 2.11. The van der Waals surface area contributed by atoms with Gasteiger partial charge in [0.05, 0.1) is 6.61 Å². The number of ether oxygens (including phenoxy) is 1. The van der Waals surface area contributed by atoms with Crippen molar-refractivity contribution in [3.05, 3.63) is 32.6 Å². The molecule has 0 bridgehead atoms. The Balaban J connectivity index is 2.27. The van der Waals surface area contributed by atoms with Crippen LogP contribution in [0.25, 0.3) is 0 Å². The van der Waals surface area contributed by atoms with Crippen molar-refractivity contribution in [1.82, 2.24) is 13.9 Å². The van der Waals surface area contributed by atoms with Crippen LogP contribution in [-0.2, 0) is 30.8 Å². The molecule has 0 amide bonds. The fraction of sp³-hybridized carbons (Fsp3) is 0.792. The number of aromatic nitrogens is 2. The third-order valence-electron chi connectivity index (χ3n) is 8.85. The van der Waals surface area contributed by atoms with Crippen LogP contribution in [0, 0.1) is 6.92 Å². The first-order valence-corrected chi connectivity index (χ1v) is 20.3. The molecule has 12 nitrogen and oxygen atoms in total. The van der Waals surface area contributed by atoms with Crippen LogP contribution in [0.1, 0.15) is 53.3 Å². The van der Waals surface area contributed by atoms with Crippen LogP contribution in [0.4, 0.5) is 0 Å². The van der Waals surface area contributed by atoms with Crippen molar-refractivity contribution < 1.29 is 22.0 Å². The Bertz CT molecular complexity index is 1390. The first-order valence-electron chi connectivity index (χ1n) is 13.0. The lowest BCUT2D eigenvalue weighted by molar-refractivity contribution is -0.0499. The summed E-state index contributed by atoms with van der Waals surface area (Å²) >= 11 is 0. The maximum atomic E-state index is 13.4. The second kappa shape index (κ2) is 9.74. The molecule has 0 saturated carbocycles. The summed E-state index contributed by atoms with van der Waals surface area (Å²) in [7, 11) is -7.75. The molecule has 0 unspecified atom stereocenters. The van der Waals surface area contributed by atoms with Crippen molar-refractivity contribution in [2.45, 2.75) is 109 Å². The van der Waals surface area contributed by atoms with Gasteiger partial charge in [-0.1, -0.05) is 41.5 Å². The average Bonchev–Trinajstić information content (AvgIpc) is 3.18. The molecule has 1 saturated heterocycles. The molecular formula is C24H45N5O7SSi2. The second-order valence-electron chi connectivity index (χ2n) is 13.7. The van der Waals surface area contributed by atoms with Gasteiger partial charge in [-0.15, -0.1) is 4.40 Å². The van der Waals surface area contributed by atoms with Crippen LogP contribution < -0.4 is 21.7 Å². The summed E-state index contributed by atoms with van der Waals surface area (Å²) < 4.78 is 54.2. The van der Waals surface area contributed by atoms with E-state index in [1.54, 1.807) is 6.92 Å².